The number of piperidine rings is 1. The van der Waals surface area contributed by atoms with Crippen LogP contribution in [0.3, 0.4) is 0 Å². The van der Waals surface area contributed by atoms with Gasteiger partial charge in [0.2, 0.25) is 0 Å². The van der Waals surface area contributed by atoms with E-state index >= 15 is 0 Å². The van der Waals surface area contributed by atoms with E-state index in [1.165, 1.54) is 24.0 Å². The third-order valence-corrected chi connectivity index (χ3v) is 5.46. The van der Waals surface area contributed by atoms with Gasteiger partial charge in [-0.15, -0.1) is 0 Å². The zero-order chi connectivity index (χ0) is 19.2. The van der Waals surface area contributed by atoms with Crippen LogP contribution in [0.15, 0.2) is 67.3 Å². The monoisotopic (exact) mass is 376 g/mol. The summed E-state index contributed by atoms with van der Waals surface area (Å²) >= 11 is 0. The molecule has 0 radical (unpaired) electrons. The molecule has 0 aliphatic carbocycles. The van der Waals surface area contributed by atoms with Gasteiger partial charge in [0.1, 0.15) is 5.75 Å². The standard InChI is InChI=1S/C23H28N4O/c1-28-23-7-5-19(6-8-23)17-26-12-9-21(10-13-26)25-16-20-3-2-4-22(15-20)27-14-11-24-18-27/h2-8,11,14-15,18,21,25H,9-10,12-13,16-17H2,1H3. The number of rotatable bonds is 7. The van der Waals surface area contributed by atoms with Crippen molar-refractivity contribution in [2.45, 2.75) is 32.0 Å². The molecule has 146 valence electrons. The Balaban J connectivity index is 1.24. The van der Waals surface area contributed by atoms with Crippen molar-refractivity contribution in [2.75, 3.05) is 20.2 Å². The number of ether oxygens (including phenoxy) is 1. The summed E-state index contributed by atoms with van der Waals surface area (Å²) in [4.78, 5) is 6.67. The number of imidazole rings is 1. The molecule has 1 aliphatic heterocycles. The number of nitrogens with one attached hydrogen (secondary N) is 1. The molecule has 1 aliphatic rings. The van der Waals surface area contributed by atoms with Crippen LogP contribution >= 0.6 is 0 Å². The summed E-state index contributed by atoms with van der Waals surface area (Å²) in [6, 6.07) is 17.6. The van der Waals surface area contributed by atoms with E-state index in [1.807, 2.05) is 35.4 Å². The topological polar surface area (TPSA) is 42.3 Å². The molecule has 2 aromatic carbocycles. The fraction of sp³-hybridized carbons (Fsp3) is 0.348. The van der Waals surface area contributed by atoms with Gasteiger partial charge in [0.15, 0.2) is 0 Å². The molecule has 3 aromatic rings. The van der Waals surface area contributed by atoms with Gasteiger partial charge in [0, 0.05) is 37.2 Å². The minimum atomic E-state index is 0.587. The first-order valence-electron chi connectivity index (χ1n) is 9.96. The van der Waals surface area contributed by atoms with Gasteiger partial charge in [0.05, 0.1) is 13.4 Å². The molecule has 1 fully saturated rings. The predicted octanol–water partition coefficient (Wildman–Crippen LogP) is 3.64. The summed E-state index contributed by atoms with van der Waals surface area (Å²) in [5.74, 6) is 0.920. The van der Waals surface area contributed by atoms with Gasteiger partial charge in [-0.3, -0.25) is 4.90 Å². The lowest BCUT2D eigenvalue weighted by atomic mass is 10.0. The molecule has 2 heterocycles. The maximum Gasteiger partial charge on any atom is 0.118 e. The molecule has 1 N–H and O–H groups in total. The maximum absolute atomic E-state index is 5.24. The molecule has 28 heavy (non-hydrogen) atoms. The molecule has 1 aromatic heterocycles. The number of benzene rings is 2. The van der Waals surface area contributed by atoms with E-state index in [2.05, 4.69) is 51.6 Å². The SMILES string of the molecule is COc1ccc(CN2CCC(NCc3cccc(-n4ccnc4)c3)CC2)cc1. The molecule has 5 heteroatoms. The average Bonchev–Trinajstić information content (AvgIpc) is 3.29. The molecule has 0 bridgehead atoms. The molecule has 4 rings (SSSR count). The summed E-state index contributed by atoms with van der Waals surface area (Å²) < 4.78 is 7.28. The smallest absolute Gasteiger partial charge is 0.118 e. The molecule has 0 saturated carbocycles. The van der Waals surface area contributed by atoms with Crippen LogP contribution in [0.25, 0.3) is 5.69 Å². The summed E-state index contributed by atoms with van der Waals surface area (Å²) in [7, 11) is 1.71. The van der Waals surface area contributed by atoms with Gasteiger partial charge < -0.3 is 14.6 Å². The molecule has 0 spiro atoms. The van der Waals surface area contributed by atoms with E-state index in [0.717, 1.165) is 37.6 Å². The van der Waals surface area contributed by atoms with E-state index in [-0.39, 0.29) is 0 Å². The van der Waals surface area contributed by atoms with Crippen LogP contribution in [0.5, 0.6) is 5.75 Å². The highest BCUT2D eigenvalue weighted by molar-refractivity contribution is 5.35. The highest BCUT2D eigenvalue weighted by atomic mass is 16.5. The Hall–Kier alpha value is -2.63. The first kappa shape index (κ1) is 18.7. The van der Waals surface area contributed by atoms with E-state index in [9.17, 15) is 0 Å². The van der Waals surface area contributed by atoms with Crippen molar-refractivity contribution in [3.63, 3.8) is 0 Å². The number of methoxy groups -OCH3 is 1. The van der Waals surface area contributed by atoms with Crippen molar-refractivity contribution in [3.05, 3.63) is 78.4 Å². The van der Waals surface area contributed by atoms with Crippen molar-refractivity contribution >= 4 is 0 Å². The average molecular weight is 377 g/mol. The van der Waals surface area contributed by atoms with Gasteiger partial charge in [-0.25, -0.2) is 4.98 Å². The Bertz CT molecular complexity index is 853. The van der Waals surface area contributed by atoms with Crippen LogP contribution in [-0.4, -0.2) is 40.7 Å². The number of aromatic nitrogens is 2. The minimum absolute atomic E-state index is 0.587. The maximum atomic E-state index is 5.24. The van der Waals surface area contributed by atoms with Gasteiger partial charge in [0.25, 0.3) is 0 Å². The van der Waals surface area contributed by atoms with Crippen LogP contribution in [0, 0.1) is 0 Å². The third-order valence-electron chi connectivity index (χ3n) is 5.46. The van der Waals surface area contributed by atoms with Crippen molar-refractivity contribution in [2.24, 2.45) is 0 Å². The first-order chi connectivity index (χ1) is 13.8. The van der Waals surface area contributed by atoms with Crippen LogP contribution in [0.1, 0.15) is 24.0 Å². The summed E-state index contributed by atoms with van der Waals surface area (Å²) in [6.45, 7) is 4.20. The Morgan fingerprint density at radius 1 is 1.07 bits per heavy atom. The highest BCUT2D eigenvalue weighted by Crippen LogP contribution is 2.17. The zero-order valence-corrected chi connectivity index (χ0v) is 16.4. The Morgan fingerprint density at radius 2 is 1.89 bits per heavy atom. The first-order valence-corrected chi connectivity index (χ1v) is 9.96. The predicted molar refractivity (Wildman–Crippen MR) is 112 cm³/mol. The Labute approximate surface area is 167 Å². The summed E-state index contributed by atoms with van der Waals surface area (Å²) in [5, 5.41) is 3.74. The van der Waals surface area contributed by atoms with Crippen molar-refractivity contribution in [1.29, 1.82) is 0 Å². The summed E-state index contributed by atoms with van der Waals surface area (Å²) in [5.41, 5.74) is 3.82. The molecule has 5 nitrogen and oxygen atoms in total. The fourth-order valence-electron chi connectivity index (χ4n) is 3.79. The van der Waals surface area contributed by atoms with Gasteiger partial charge >= 0.3 is 0 Å². The molecule has 1 saturated heterocycles. The number of likely N-dealkylation sites (tertiary alicyclic amines) is 1. The van der Waals surface area contributed by atoms with Crippen LogP contribution in [0.4, 0.5) is 0 Å². The van der Waals surface area contributed by atoms with E-state index < -0.39 is 0 Å². The highest BCUT2D eigenvalue weighted by Gasteiger charge is 2.18. The minimum Gasteiger partial charge on any atom is -0.497 e. The summed E-state index contributed by atoms with van der Waals surface area (Å²) in [6.07, 6.45) is 8.01. The van der Waals surface area contributed by atoms with E-state index in [4.69, 9.17) is 4.74 Å². The molecular formula is C23H28N4O. The molecule has 0 atom stereocenters. The van der Waals surface area contributed by atoms with Crippen LogP contribution in [-0.2, 0) is 13.1 Å². The van der Waals surface area contributed by atoms with Crippen molar-refractivity contribution < 1.29 is 4.74 Å². The van der Waals surface area contributed by atoms with Gasteiger partial charge in [-0.1, -0.05) is 24.3 Å². The normalized spacial score (nSPS) is 15.6. The number of nitrogens with zero attached hydrogens (tertiary/aromatic N) is 3. The van der Waals surface area contributed by atoms with Crippen LogP contribution < -0.4 is 10.1 Å². The van der Waals surface area contributed by atoms with Crippen molar-refractivity contribution in [1.82, 2.24) is 19.8 Å². The van der Waals surface area contributed by atoms with Crippen molar-refractivity contribution in [3.8, 4) is 11.4 Å². The van der Waals surface area contributed by atoms with E-state index in [1.54, 1.807) is 7.11 Å². The second-order valence-electron chi connectivity index (χ2n) is 7.42. The number of hydrogen-bond acceptors (Lipinski definition) is 4. The fourth-order valence-corrected chi connectivity index (χ4v) is 3.79. The van der Waals surface area contributed by atoms with Gasteiger partial charge in [-0.2, -0.15) is 0 Å². The Morgan fingerprint density at radius 3 is 2.61 bits per heavy atom. The molecule has 0 unspecified atom stereocenters. The van der Waals surface area contributed by atoms with Gasteiger partial charge in [-0.05, 0) is 61.3 Å². The molecule has 0 amide bonds. The largest absolute Gasteiger partial charge is 0.497 e. The van der Waals surface area contributed by atoms with E-state index in [0.29, 0.717) is 6.04 Å². The lowest BCUT2D eigenvalue weighted by molar-refractivity contribution is 0.190. The Kier molecular flexibility index (Phi) is 6.04. The quantitative estimate of drug-likeness (QED) is 0.684. The number of hydrogen-bond donors (Lipinski definition) is 1. The zero-order valence-electron chi connectivity index (χ0n) is 16.4. The second kappa shape index (κ2) is 9.04. The third kappa shape index (κ3) is 4.80. The lowest BCUT2D eigenvalue weighted by Crippen LogP contribution is -2.41. The second-order valence-corrected chi connectivity index (χ2v) is 7.42. The van der Waals surface area contributed by atoms with Crippen LogP contribution in [0.2, 0.25) is 0 Å². The molecular weight excluding hydrogens is 348 g/mol. The lowest BCUT2D eigenvalue weighted by Gasteiger charge is -2.32.